The number of rotatable bonds is 6. The highest BCUT2D eigenvalue weighted by Gasteiger charge is 2.15. The smallest absolute Gasteiger partial charge is 0.322 e. The van der Waals surface area contributed by atoms with Crippen molar-refractivity contribution in [2.45, 2.75) is 25.8 Å². The van der Waals surface area contributed by atoms with E-state index in [2.05, 4.69) is 10.4 Å². The van der Waals surface area contributed by atoms with Gasteiger partial charge >= 0.3 is 5.97 Å². The van der Waals surface area contributed by atoms with Crippen molar-refractivity contribution >= 4 is 5.97 Å². The van der Waals surface area contributed by atoms with E-state index in [-0.39, 0.29) is 12.0 Å². The summed E-state index contributed by atoms with van der Waals surface area (Å²) in [6.45, 7) is 2.71. The van der Waals surface area contributed by atoms with Crippen molar-refractivity contribution in [1.82, 2.24) is 15.1 Å². The fourth-order valence-corrected chi connectivity index (χ4v) is 1.53. The van der Waals surface area contributed by atoms with Crippen LogP contribution in [0.2, 0.25) is 0 Å². The first kappa shape index (κ1) is 12.7. The van der Waals surface area contributed by atoms with E-state index in [1.54, 1.807) is 4.68 Å². The van der Waals surface area contributed by atoms with Crippen molar-refractivity contribution in [2.75, 3.05) is 13.7 Å². The van der Waals surface area contributed by atoms with E-state index in [0.717, 1.165) is 24.9 Å². The van der Waals surface area contributed by atoms with Gasteiger partial charge in [0.25, 0.3) is 0 Å². The van der Waals surface area contributed by atoms with Crippen LogP contribution < -0.4 is 5.32 Å². The number of ether oxygens (including phenoxy) is 1. The number of aryl methyl sites for hydroxylation is 1. The molecule has 1 N–H and O–H groups in total. The fraction of sp³-hybridized carbons (Fsp3) is 0.636. The Labute approximate surface area is 95.8 Å². The summed E-state index contributed by atoms with van der Waals surface area (Å²) in [6, 6.07) is -0.207. The molecule has 5 heteroatoms. The molecule has 0 fully saturated rings. The van der Waals surface area contributed by atoms with Gasteiger partial charge in [-0.25, -0.2) is 0 Å². The predicted octanol–water partition coefficient (Wildman–Crippen LogP) is 0.504. The number of methoxy groups -OCH3 is 1. The normalized spacial score (nSPS) is 12.4. The summed E-state index contributed by atoms with van der Waals surface area (Å²) in [5.41, 5.74) is 1.16. The molecular formula is C11H19N3O2. The molecule has 0 saturated carbocycles. The molecule has 0 radical (unpaired) electrons. The van der Waals surface area contributed by atoms with E-state index in [9.17, 15) is 4.79 Å². The van der Waals surface area contributed by atoms with Crippen LogP contribution in [0.3, 0.4) is 0 Å². The topological polar surface area (TPSA) is 56.2 Å². The number of nitrogens with zero attached hydrogens (tertiary/aromatic N) is 2. The Morgan fingerprint density at radius 2 is 2.44 bits per heavy atom. The van der Waals surface area contributed by atoms with Gasteiger partial charge in [0.05, 0.1) is 13.3 Å². The molecule has 0 bridgehead atoms. The third-order valence-electron chi connectivity index (χ3n) is 2.46. The van der Waals surface area contributed by atoms with Crippen LogP contribution in [0.4, 0.5) is 0 Å². The Hall–Kier alpha value is -1.36. The largest absolute Gasteiger partial charge is 0.468 e. The molecule has 0 aliphatic rings. The van der Waals surface area contributed by atoms with E-state index in [1.807, 2.05) is 26.4 Å². The standard InChI is InChI=1S/C11H19N3O2/c1-4-10(11(15)16-3)12-6-5-9-7-13-14(2)8-9/h7-8,10,12H,4-6H2,1-3H3. The van der Waals surface area contributed by atoms with Gasteiger partial charge in [0.2, 0.25) is 0 Å². The number of nitrogens with one attached hydrogen (secondary N) is 1. The molecule has 0 aromatic carbocycles. The van der Waals surface area contributed by atoms with Gasteiger partial charge in [0.15, 0.2) is 0 Å². The van der Waals surface area contributed by atoms with Crippen LogP contribution in [0.1, 0.15) is 18.9 Å². The zero-order chi connectivity index (χ0) is 12.0. The highest BCUT2D eigenvalue weighted by Crippen LogP contribution is 1.98. The number of hydrogen-bond donors (Lipinski definition) is 1. The minimum Gasteiger partial charge on any atom is -0.468 e. The van der Waals surface area contributed by atoms with Crippen molar-refractivity contribution in [1.29, 1.82) is 0 Å². The average molecular weight is 225 g/mol. The van der Waals surface area contributed by atoms with Gasteiger partial charge in [-0.05, 0) is 18.4 Å². The molecule has 1 unspecified atom stereocenters. The van der Waals surface area contributed by atoms with Gasteiger partial charge in [0.1, 0.15) is 6.04 Å². The van der Waals surface area contributed by atoms with Crippen LogP contribution in [0.5, 0.6) is 0 Å². The lowest BCUT2D eigenvalue weighted by Gasteiger charge is -2.13. The Morgan fingerprint density at radius 1 is 1.69 bits per heavy atom. The molecule has 5 nitrogen and oxygen atoms in total. The molecule has 0 amide bonds. The van der Waals surface area contributed by atoms with Gasteiger partial charge in [-0.15, -0.1) is 0 Å². The summed E-state index contributed by atoms with van der Waals surface area (Å²) in [7, 11) is 3.30. The molecular weight excluding hydrogens is 206 g/mol. The molecule has 0 aliphatic carbocycles. The lowest BCUT2D eigenvalue weighted by molar-refractivity contribution is -0.143. The Morgan fingerprint density at radius 3 is 2.94 bits per heavy atom. The van der Waals surface area contributed by atoms with Crippen LogP contribution in [-0.4, -0.2) is 35.4 Å². The maximum Gasteiger partial charge on any atom is 0.322 e. The summed E-state index contributed by atoms with van der Waals surface area (Å²) in [5, 5.41) is 7.25. The van der Waals surface area contributed by atoms with Gasteiger partial charge in [0, 0.05) is 19.8 Å². The van der Waals surface area contributed by atoms with Crippen molar-refractivity contribution < 1.29 is 9.53 Å². The molecule has 1 atom stereocenters. The predicted molar refractivity (Wildman–Crippen MR) is 61.0 cm³/mol. The molecule has 0 saturated heterocycles. The van der Waals surface area contributed by atoms with E-state index < -0.39 is 0 Å². The number of hydrogen-bond acceptors (Lipinski definition) is 4. The summed E-state index contributed by atoms with van der Waals surface area (Å²) < 4.78 is 6.46. The minimum atomic E-state index is -0.207. The average Bonchev–Trinajstić information content (AvgIpc) is 2.69. The fourth-order valence-electron chi connectivity index (χ4n) is 1.53. The number of carbonyl (C=O) groups excluding carboxylic acids is 1. The molecule has 1 aromatic heterocycles. The van der Waals surface area contributed by atoms with Crippen LogP contribution in [0, 0.1) is 0 Å². The van der Waals surface area contributed by atoms with E-state index in [0.29, 0.717) is 0 Å². The quantitative estimate of drug-likeness (QED) is 0.716. The van der Waals surface area contributed by atoms with E-state index in [4.69, 9.17) is 4.74 Å². The lowest BCUT2D eigenvalue weighted by Crippen LogP contribution is -2.38. The summed E-state index contributed by atoms with van der Waals surface area (Å²) in [5.74, 6) is -0.200. The van der Waals surface area contributed by atoms with Gasteiger partial charge in [-0.1, -0.05) is 6.92 Å². The highest BCUT2D eigenvalue weighted by molar-refractivity contribution is 5.75. The second-order valence-electron chi connectivity index (χ2n) is 3.71. The first-order valence-electron chi connectivity index (χ1n) is 5.46. The maximum atomic E-state index is 11.3. The Bertz CT molecular complexity index is 336. The Balaban J connectivity index is 2.31. The molecule has 90 valence electrons. The molecule has 1 aromatic rings. The number of carbonyl (C=O) groups is 1. The van der Waals surface area contributed by atoms with Crippen molar-refractivity contribution in [2.24, 2.45) is 7.05 Å². The SMILES string of the molecule is CCC(NCCc1cnn(C)c1)C(=O)OC. The second kappa shape index (κ2) is 6.27. The third kappa shape index (κ3) is 3.66. The van der Waals surface area contributed by atoms with E-state index in [1.165, 1.54) is 7.11 Å². The number of esters is 1. The highest BCUT2D eigenvalue weighted by atomic mass is 16.5. The van der Waals surface area contributed by atoms with Crippen molar-refractivity contribution in [3.05, 3.63) is 18.0 Å². The summed E-state index contributed by atoms with van der Waals surface area (Å²) in [4.78, 5) is 11.3. The first-order chi connectivity index (χ1) is 7.67. The molecule has 1 heterocycles. The molecule has 0 spiro atoms. The zero-order valence-electron chi connectivity index (χ0n) is 10.1. The van der Waals surface area contributed by atoms with Gasteiger partial charge in [-0.2, -0.15) is 5.10 Å². The van der Waals surface area contributed by atoms with Crippen molar-refractivity contribution in [3.63, 3.8) is 0 Å². The lowest BCUT2D eigenvalue weighted by atomic mass is 10.2. The van der Waals surface area contributed by atoms with Crippen LogP contribution in [0.15, 0.2) is 12.4 Å². The van der Waals surface area contributed by atoms with Crippen molar-refractivity contribution in [3.8, 4) is 0 Å². The first-order valence-corrected chi connectivity index (χ1v) is 5.46. The molecule has 16 heavy (non-hydrogen) atoms. The van der Waals surface area contributed by atoms with Gasteiger partial charge in [-0.3, -0.25) is 9.48 Å². The monoisotopic (exact) mass is 225 g/mol. The molecule has 0 aliphatic heterocycles. The summed E-state index contributed by atoms with van der Waals surface area (Å²) >= 11 is 0. The maximum absolute atomic E-state index is 11.3. The Kier molecular flexibility index (Phi) is 4.98. The number of aromatic nitrogens is 2. The summed E-state index contributed by atoms with van der Waals surface area (Å²) in [6.07, 6.45) is 5.41. The van der Waals surface area contributed by atoms with Crippen LogP contribution in [-0.2, 0) is 23.0 Å². The van der Waals surface area contributed by atoms with Gasteiger partial charge < -0.3 is 10.1 Å². The minimum absolute atomic E-state index is 0.200. The van der Waals surface area contributed by atoms with Crippen LogP contribution in [0.25, 0.3) is 0 Å². The molecule has 1 rings (SSSR count). The zero-order valence-corrected chi connectivity index (χ0v) is 10.1. The second-order valence-corrected chi connectivity index (χ2v) is 3.71. The van der Waals surface area contributed by atoms with Crippen LogP contribution >= 0.6 is 0 Å². The van der Waals surface area contributed by atoms with E-state index >= 15 is 0 Å². The third-order valence-corrected chi connectivity index (χ3v) is 2.46.